The summed E-state index contributed by atoms with van der Waals surface area (Å²) in [6.45, 7) is 5.22. The van der Waals surface area contributed by atoms with Gasteiger partial charge < -0.3 is 14.0 Å². The maximum Gasteiger partial charge on any atom is 0.337 e. The molecule has 8 heteroatoms. The molecule has 0 saturated carbocycles. The van der Waals surface area contributed by atoms with Gasteiger partial charge in [-0.1, -0.05) is 0 Å². The highest BCUT2D eigenvalue weighted by atomic mass is 32.1. The van der Waals surface area contributed by atoms with Gasteiger partial charge in [0.05, 0.1) is 23.4 Å². The van der Waals surface area contributed by atoms with Crippen molar-refractivity contribution in [2.24, 2.45) is 0 Å². The van der Waals surface area contributed by atoms with Crippen LogP contribution in [0.25, 0.3) is 11.8 Å². The number of rotatable bonds is 7. The van der Waals surface area contributed by atoms with Crippen LogP contribution in [-0.2, 0) is 14.3 Å². The fourth-order valence-electron chi connectivity index (χ4n) is 3.18. The first kappa shape index (κ1) is 22.2. The van der Waals surface area contributed by atoms with Gasteiger partial charge in [-0.15, -0.1) is 11.3 Å². The lowest BCUT2D eigenvalue weighted by atomic mass is 10.1. The summed E-state index contributed by atoms with van der Waals surface area (Å²) >= 11 is 1.48. The second-order valence-corrected chi connectivity index (χ2v) is 7.88. The monoisotopic (exact) mass is 438 g/mol. The highest BCUT2D eigenvalue weighted by Gasteiger charge is 2.18. The molecule has 3 aromatic rings. The maximum absolute atomic E-state index is 12.6. The average Bonchev–Trinajstić information content (AvgIpc) is 3.32. The lowest BCUT2D eigenvalue weighted by Gasteiger charge is -2.10. The summed E-state index contributed by atoms with van der Waals surface area (Å²) in [6.07, 6.45) is 2.81. The van der Waals surface area contributed by atoms with E-state index in [4.69, 9.17) is 9.47 Å². The number of aromatic nitrogens is 2. The van der Waals surface area contributed by atoms with Gasteiger partial charge in [-0.3, -0.25) is 4.79 Å². The standard InChI is InChI=1S/C23H22N2O5S/c1-14-11-20(15(2)25(14)19-8-5-17(6-9-19)23(28)29-4)21(26)12-30-22(27)10-7-18-13-31-16(3)24-18/h5-11,13H,12H2,1-4H3/b10-7+. The largest absolute Gasteiger partial charge is 0.465 e. The molecule has 1 aromatic carbocycles. The molecule has 0 amide bonds. The van der Waals surface area contributed by atoms with Crippen LogP contribution in [0, 0.1) is 20.8 Å². The summed E-state index contributed by atoms with van der Waals surface area (Å²) in [5.74, 6) is -1.31. The molecule has 31 heavy (non-hydrogen) atoms. The third kappa shape index (κ3) is 5.16. The molecule has 2 heterocycles. The third-order valence-electron chi connectivity index (χ3n) is 4.65. The van der Waals surface area contributed by atoms with Gasteiger partial charge in [-0.2, -0.15) is 0 Å². The Morgan fingerprint density at radius 1 is 1.13 bits per heavy atom. The molecule has 7 nitrogen and oxygen atoms in total. The topological polar surface area (TPSA) is 87.5 Å². The van der Waals surface area contributed by atoms with E-state index in [-0.39, 0.29) is 12.4 Å². The summed E-state index contributed by atoms with van der Waals surface area (Å²) in [5, 5.41) is 2.73. The number of carbonyl (C=O) groups is 3. The van der Waals surface area contributed by atoms with E-state index >= 15 is 0 Å². The highest BCUT2D eigenvalue weighted by Crippen LogP contribution is 2.22. The molecule has 160 valence electrons. The minimum absolute atomic E-state index is 0.295. The van der Waals surface area contributed by atoms with Crippen molar-refractivity contribution < 1.29 is 23.9 Å². The van der Waals surface area contributed by atoms with Gasteiger partial charge in [0.15, 0.2) is 6.61 Å². The highest BCUT2D eigenvalue weighted by molar-refractivity contribution is 7.09. The molecule has 0 bridgehead atoms. The molecule has 0 atom stereocenters. The van der Waals surface area contributed by atoms with Crippen molar-refractivity contribution in [2.45, 2.75) is 20.8 Å². The Hall–Kier alpha value is -3.52. The molecule has 0 N–H and O–H groups in total. The van der Waals surface area contributed by atoms with Crippen LogP contribution < -0.4 is 0 Å². The molecule has 0 fully saturated rings. The SMILES string of the molecule is COC(=O)c1ccc(-n2c(C)cc(C(=O)COC(=O)/C=C/c3csc(C)n3)c2C)cc1. The predicted molar refractivity (Wildman–Crippen MR) is 118 cm³/mol. The Kier molecular flexibility index (Phi) is 6.81. The number of Topliss-reactive ketones (excluding diaryl/α,β-unsaturated/α-hetero) is 1. The molecule has 0 unspecified atom stereocenters. The van der Waals surface area contributed by atoms with Crippen LogP contribution in [-0.4, -0.2) is 41.0 Å². The van der Waals surface area contributed by atoms with Gasteiger partial charge in [-0.25, -0.2) is 14.6 Å². The number of benzene rings is 1. The van der Waals surface area contributed by atoms with Crippen molar-refractivity contribution in [3.05, 3.63) is 75.0 Å². The number of carbonyl (C=O) groups excluding carboxylic acids is 3. The number of esters is 2. The quantitative estimate of drug-likeness (QED) is 0.314. The zero-order valence-corrected chi connectivity index (χ0v) is 18.5. The van der Waals surface area contributed by atoms with Crippen molar-refractivity contribution in [2.75, 3.05) is 13.7 Å². The van der Waals surface area contributed by atoms with Gasteiger partial charge in [-0.05, 0) is 57.2 Å². The molecule has 0 aliphatic heterocycles. The summed E-state index contributed by atoms with van der Waals surface area (Å²) in [5.41, 5.74) is 3.96. The van der Waals surface area contributed by atoms with Crippen molar-refractivity contribution in [3.8, 4) is 5.69 Å². The van der Waals surface area contributed by atoms with Gasteiger partial charge in [0.2, 0.25) is 5.78 Å². The van der Waals surface area contributed by atoms with E-state index in [0.29, 0.717) is 16.8 Å². The lowest BCUT2D eigenvalue weighted by Crippen LogP contribution is -2.13. The Morgan fingerprint density at radius 3 is 2.45 bits per heavy atom. The van der Waals surface area contributed by atoms with Crippen LogP contribution in [0.2, 0.25) is 0 Å². The number of ketones is 1. The van der Waals surface area contributed by atoms with Crippen molar-refractivity contribution in [3.63, 3.8) is 0 Å². The third-order valence-corrected chi connectivity index (χ3v) is 5.44. The summed E-state index contributed by atoms with van der Waals surface area (Å²) in [7, 11) is 1.33. The summed E-state index contributed by atoms with van der Waals surface area (Å²) in [6, 6.07) is 8.66. The van der Waals surface area contributed by atoms with Gasteiger partial charge >= 0.3 is 11.9 Å². The van der Waals surface area contributed by atoms with E-state index in [1.807, 2.05) is 30.7 Å². The smallest absolute Gasteiger partial charge is 0.337 e. The van der Waals surface area contributed by atoms with E-state index in [1.54, 1.807) is 36.4 Å². The van der Waals surface area contributed by atoms with E-state index in [2.05, 4.69) is 4.98 Å². The first-order chi connectivity index (χ1) is 14.8. The Balaban J connectivity index is 1.69. The summed E-state index contributed by atoms with van der Waals surface area (Å²) in [4.78, 5) is 40.4. The molecule has 3 rings (SSSR count). The number of thiazole rings is 1. The van der Waals surface area contributed by atoms with Crippen LogP contribution in [0.15, 0.2) is 41.8 Å². The number of nitrogens with zero attached hydrogens (tertiary/aromatic N) is 2. The average molecular weight is 439 g/mol. The first-order valence-electron chi connectivity index (χ1n) is 9.48. The van der Waals surface area contributed by atoms with Crippen molar-refractivity contribution in [1.29, 1.82) is 0 Å². The van der Waals surface area contributed by atoms with Crippen LogP contribution in [0.1, 0.15) is 42.8 Å². The fraction of sp³-hybridized carbons (Fsp3) is 0.217. The van der Waals surface area contributed by atoms with Gasteiger partial charge in [0.1, 0.15) is 0 Å². The normalized spacial score (nSPS) is 11.0. The van der Waals surface area contributed by atoms with E-state index in [0.717, 1.165) is 22.1 Å². The Bertz CT molecular complexity index is 1160. The number of methoxy groups -OCH3 is 1. The van der Waals surface area contributed by atoms with E-state index in [1.165, 1.54) is 24.5 Å². The number of aryl methyl sites for hydroxylation is 2. The lowest BCUT2D eigenvalue weighted by molar-refractivity contribution is -0.136. The number of hydrogen-bond donors (Lipinski definition) is 0. The first-order valence-corrected chi connectivity index (χ1v) is 10.4. The molecule has 0 spiro atoms. The molecule has 2 aromatic heterocycles. The number of hydrogen-bond acceptors (Lipinski definition) is 7. The zero-order chi connectivity index (χ0) is 22.5. The van der Waals surface area contributed by atoms with Gasteiger partial charge in [0, 0.05) is 34.1 Å². The molecular weight excluding hydrogens is 416 g/mol. The number of ether oxygens (including phenoxy) is 2. The van der Waals surface area contributed by atoms with Crippen LogP contribution in [0.4, 0.5) is 0 Å². The van der Waals surface area contributed by atoms with Crippen LogP contribution in [0.3, 0.4) is 0 Å². The Labute approximate surface area is 183 Å². The second-order valence-electron chi connectivity index (χ2n) is 6.81. The predicted octanol–water partition coefficient (Wildman–Crippen LogP) is 4.08. The van der Waals surface area contributed by atoms with Crippen molar-refractivity contribution >= 4 is 35.1 Å². The molecule has 0 aliphatic carbocycles. The molecule has 0 saturated heterocycles. The molecular formula is C23H22N2O5S. The van der Waals surface area contributed by atoms with Gasteiger partial charge in [0.25, 0.3) is 0 Å². The zero-order valence-electron chi connectivity index (χ0n) is 17.7. The van der Waals surface area contributed by atoms with E-state index < -0.39 is 11.9 Å². The molecule has 0 aliphatic rings. The van der Waals surface area contributed by atoms with Crippen LogP contribution in [0.5, 0.6) is 0 Å². The fourth-order valence-corrected chi connectivity index (χ4v) is 3.76. The Morgan fingerprint density at radius 2 is 1.84 bits per heavy atom. The summed E-state index contributed by atoms with van der Waals surface area (Å²) < 4.78 is 11.7. The minimum atomic E-state index is -0.605. The van der Waals surface area contributed by atoms with Crippen LogP contribution >= 0.6 is 11.3 Å². The van der Waals surface area contributed by atoms with E-state index in [9.17, 15) is 14.4 Å². The molecule has 0 radical (unpaired) electrons. The second kappa shape index (κ2) is 9.53. The maximum atomic E-state index is 12.6. The minimum Gasteiger partial charge on any atom is -0.465 e. The van der Waals surface area contributed by atoms with Crippen molar-refractivity contribution in [1.82, 2.24) is 9.55 Å².